The second kappa shape index (κ2) is 6.77. The van der Waals surface area contributed by atoms with Crippen molar-refractivity contribution < 1.29 is 37.8 Å². The van der Waals surface area contributed by atoms with Crippen LogP contribution in [0.1, 0.15) is 32.1 Å². The van der Waals surface area contributed by atoms with Crippen LogP contribution in [0.4, 0.5) is 13.2 Å². The SMILES string of the molecule is O=C(O)C[C@H](NC(=O)C1CCCC(C(F)(F)F)C1)C(=O)O. The van der Waals surface area contributed by atoms with Crippen LogP contribution >= 0.6 is 0 Å². The third kappa shape index (κ3) is 5.24. The quantitative estimate of drug-likeness (QED) is 0.712. The molecule has 1 saturated carbocycles. The molecule has 6 nitrogen and oxygen atoms in total. The number of carbonyl (C=O) groups is 3. The third-order valence-corrected chi connectivity index (χ3v) is 3.50. The van der Waals surface area contributed by atoms with Crippen LogP contribution in [0.2, 0.25) is 0 Å². The number of alkyl halides is 3. The van der Waals surface area contributed by atoms with Crippen LogP contribution in [0.15, 0.2) is 0 Å². The van der Waals surface area contributed by atoms with Gasteiger partial charge in [0.05, 0.1) is 12.3 Å². The molecule has 1 fully saturated rings. The van der Waals surface area contributed by atoms with Gasteiger partial charge in [-0.3, -0.25) is 9.59 Å². The number of halogens is 3. The first-order valence-electron chi connectivity index (χ1n) is 6.43. The molecule has 0 bridgehead atoms. The second-order valence-corrected chi connectivity index (χ2v) is 5.10. The van der Waals surface area contributed by atoms with Crippen LogP contribution in [0, 0.1) is 11.8 Å². The van der Waals surface area contributed by atoms with Crippen molar-refractivity contribution in [3.63, 3.8) is 0 Å². The molecular formula is C12H16F3NO5. The molecule has 0 saturated heterocycles. The van der Waals surface area contributed by atoms with Gasteiger partial charge in [-0.1, -0.05) is 6.42 Å². The molecule has 3 atom stereocenters. The third-order valence-electron chi connectivity index (χ3n) is 3.50. The van der Waals surface area contributed by atoms with Gasteiger partial charge in [0.15, 0.2) is 0 Å². The number of carboxylic acids is 2. The fourth-order valence-corrected chi connectivity index (χ4v) is 2.39. The highest BCUT2D eigenvalue weighted by molar-refractivity contribution is 5.87. The maximum absolute atomic E-state index is 12.6. The van der Waals surface area contributed by atoms with Gasteiger partial charge < -0.3 is 15.5 Å². The summed E-state index contributed by atoms with van der Waals surface area (Å²) >= 11 is 0. The van der Waals surface area contributed by atoms with E-state index in [1.165, 1.54) is 0 Å². The van der Waals surface area contributed by atoms with Crippen molar-refractivity contribution in [1.82, 2.24) is 5.32 Å². The number of carbonyl (C=O) groups excluding carboxylic acids is 1. The highest BCUT2D eigenvalue weighted by atomic mass is 19.4. The van der Waals surface area contributed by atoms with Gasteiger partial charge in [0.1, 0.15) is 6.04 Å². The lowest BCUT2D eigenvalue weighted by Gasteiger charge is -2.30. The van der Waals surface area contributed by atoms with E-state index in [0.717, 1.165) is 0 Å². The normalized spacial score (nSPS) is 24.1. The highest BCUT2D eigenvalue weighted by Gasteiger charge is 2.43. The molecule has 0 aromatic rings. The molecule has 3 N–H and O–H groups in total. The molecule has 0 radical (unpaired) electrons. The molecule has 0 aromatic heterocycles. The minimum absolute atomic E-state index is 0.0508. The molecule has 0 aromatic carbocycles. The number of hydrogen-bond acceptors (Lipinski definition) is 3. The summed E-state index contributed by atoms with van der Waals surface area (Å²) in [6.45, 7) is 0. The van der Waals surface area contributed by atoms with Gasteiger partial charge in [0.25, 0.3) is 0 Å². The zero-order valence-electron chi connectivity index (χ0n) is 11.0. The van der Waals surface area contributed by atoms with E-state index in [-0.39, 0.29) is 19.3 Å². The van der Waals surface area contributed by atoms with E-state index in [9.17, 15) is 27.6 Å². The fraction of sp³-hybridized carbons (Fsp3) is 0.750. The first-order valence-corrected chi connectivity index (χ1v) is 6.43. The summed E-state index contributed by atoms with van der Waals surface area (Å²) in [5.74, 6) is -6.31. The number of hydrogen-bond donors (Lipinski definition) is 3. The van der Waals surface area contributed by atoms with E-state index in [0.29, 0.717) is 0 Å². The average molecular weight is 311 g/mol. The number of carboxylic acid groups (broad SMARTS) is 2. The Balaban J connectivity index is 2.65. The Morgan fingerprint density at radius 2 is 1.81 bits per heavy atom. The topological polar surface area (TPSA) is 104 Å². The summed E-state index contributed by atoms with van der Waals surface area (Å²) in [7, 11) is 0. The van der Waals surface area contributed by atoms with Gasteiger partial charge in [-0.05, 0) is 19.3 Å². The molecule has 0 spiro atoms. The molecule has 21 heavy (non-hydrogen) atoms. The van der Waals surface area contributed by atoms with Gasteiger partial charge >= 0.3 is 18.1 Å². The van der Waals surface area contributed by atoms with E-state index in [1.54, 1.807) is 0 Å². The van der Waals surface area contributed by atoms with Crippen molar-refractivity contribution in [3.05, 3.63) is 0 Å². The number of nitrogens with one attached hydrogen (secondary N) is 1. The molecular weight excluding hydrogens is 295 g/mol. The van der Waals surface area contributed by atoms with Crippen molar-refractivity contribution >= 4 is 17.8 Å². The Morgan fingerprint density at radius 1 is 1.19 bits per heavy atom. The van der Waals surface area contributed by atoms with E-state index in [2.05, 4.69) is 0 Å². The van der Waals surface area contributed by atoms with Crippen LogP contribution in [0.25, 0.3) is 0 Å². The lowest BCUT2D eigenvalue weighted by Crippen LogP contribution is -2.46. The standard InChI is InChI=1S/C12H16F3NO5/c13-12(14,15)7-3-1-2-6(4-7)10(19)16-8(11(20)21)5-9(17)18/h6-8H,1-5H2,(H,16,19)(H,17,18)(H,20,21)/t6?,7?,8-/m0/s1. The molecule has 1 amide bonds. The first-order chi connectivity index (χ1) is 9.61. The maximum Gasteiger partial charge on any atom is 0.391 e. The van der Waals surface area contributed by atoms with E-state index < -0.39 is 54.7 Å². The van der Waals surface area contributed by atoms with Gasteiger partial charge in [-0.15, -0.1) is 0 Å². The fourth-order valence-electron chi connectivity index (χ4n) is 2.39. The molecule has 1 aliphatic rings. The van der Waals surface area contributed by atoms with Crippen molar-refractivity contribution in [2.45, 2.75) is 44.3 Å². The molecule has 1 rings (SSSR count). The molecule has 2 unspecified atom stereocenters. The average Bonchev–Trinajstić information content (AvgIpc) is 2.36. The summed E-state index contributed by atoms with van der Waals surface area (Å²) < 4.78 is 37.9. The van der Waals surface area contributed by atoms with E-state index in [4.69, 9.17) is 10.2 Å². The minimum Gasteiger partial charge on any atom is -0.481 e. The monoisotopic (exact) mass is 311 g/mol. The Morgan fingerprint density at radius 3 is 2.29 bits per heavy atom. The summed E-state index contributed by atoms with van der Waals surface area (Å²) in [5.41, 5.74) is 0. The Hall–Kier alpha value is -1.80. The maximum atomic E-state index is 12.6. The second-order valence-electron chi connectivity index (χ2n) is 5.10. The predicted octanol–water partition coefficient (Wildman–Crippen LogP) is 1.40. The molecule has 1 aliphatic carbocycles. The summed E-state index contributed by atoms with van der Waals surface area (Å²) in [5, 5.41) is 19.3. The van der Waals surface area contributed by atoms with Gasteiger partial charge in [0, 0.05) is 5.92 Å². The van der Waals surface area contributed by atoms with Gasteiger partial charge in [0.2, 0.25) is 5.91 Å². The Bertz CT molecular complexity index is 424. The predicted molar refractivity (Wildman–Crippen MR) is 63.3 cm³/mol. The van der Waals surface area contributed by atoms with Crippen LogP contribution in [-0.4, -0.2) is 40.3 Å². The minimum atomic E-state index is -4.38. The largest absolute Gasteiger partial charge is 0.481 e. The zero-order valence-corrected chi connectivity index (χ0v) is 11.0. The smallest absolute Gasteiger partial charge is 0.391 e. The Labute approximate surface area is 118 Å². The number of aliphatic carboxylic acids is 2. The number of rotatable bonds is 5. The van der Waals surface area contributed by atoms with Crippen LogP contribution < -0.4 is 5.32 Å². The number of amides is 1. The van der Waals surface area contributed by atoms with Crippen molar-refractivity contribution in [2.75, 3.05) is 0 Å². The van der Waals surface area contributed by atoms with Crippen LogP contribution in [-0.2, 0) is 14.4 Å². The van der Waals surface area contributed by atoms with Gasteiger partial charge in [-0.25, -0.2) is 4.79 Å². The zero-order chi connectivity index (χ0) is 16.2. The van der Waals surface area contributed by atoms with Crippen molar-refractivity contribution in [3.8, 4) is 0 Å². The molecule has 0 heterocycles. The molecule has 9 heteroatoms. The summed E-state index contributed by atoms with van der Waals surface area (Å²) in [4.78, 5) is 33.1. The lowest BCUT2D eigenvalue weighted by molar-refractivity contribution is -0.186. The van der Waals surface area contributed by atoms with E-state index >= 15 is 0 Å². The Kier molecular flexibility index (Phi) is 5.56. The van der Waals surface area contributed by atoms with Crippen LogP contribution in [0.3, 0.4) is 0 Å². The van der Waals surface area contributed by atoms with Gasteiger partial charge in [-0.2, -0.15) is 13.2 Å². The lowest BCUT2D eigenvalue weighted by atomic mass is 9.80. The summed E-state index contributed by atoms with van der Waals surface area (Å²) in [6, 6.07) is -1.64. The van der Waals surface area contributed by atoms with Crippen LogP contribution in [0.5, 0.6) is 0 Å². The van der Waals surface area contributed by atoms with Crippen molar-refractivity contribution in [2.24, 2.45) is 11.8 Å². The summed E-state index contributed by atoms with van der Waals surface area (Å²) in [6.07, 6.45) is -5.20. The molecule has 120 valence electrons. The van der Waals surface area contributed by atoms with E-state index in [1.807, 2.05) is 5.32 Å². The molecule has 0 aliphatic heterocycles. The highest BCUT2D eigenvalue weighted by Crippen LogP contribution is 2.39. The van der Waals surface area contributed by atoms with Crippen molar-refractivity contribution in [1.29, 1.82) is 0 Å². The first kappa shape index (κ1) is 17.3.